The van der Waals surface area contributed by atoms with Gasteiger partial charge in [-0.2, -0.15) is 8.78 Å². The molecular weight excluding hydrogens is 240 g/mol. The Bertz CT molecular complexity index is 290. The van der Waals surface area contributed by atoms with Gasteiger partial charge in [0.2, 0.25) is 0 Å². The maximum absolute atomic E-state index is 13.0. The van der Waals surface area contributed by atoms with Crippen LogP contribution in [0.2, 0.25) is 0 Å². The number of hydrogen-bond acceptors (Lipinski definition) is 2. The molecule has 0 aromatic carbocycles. The number of ether oxygens (including phenoxy) is 1. The Labute approximate surface area is 108 Å². The van der Waals surface area contributed by atoms with Crippen LogP contribution in [-0.2, 0) is 9.53 Å². The number of alkyl halides is 2. The maximum Gasteiger partial charge on any atom is 0.321 e. The minimum absolute atomic E-state index is 0.344. The lowest BCUT2D eigenvalue weighted by Crippen LogP contribution is -2.57. The molecule has 5 heteroatoms. The summed E-state index contributed by atoms with van der Waals surface area (Å²) in [5, 5.41) is 2.45. The van der Waals surface area contributed by atoms with E-state index < -0.39 is 23.3 Å². The van der Waals surface area contributed by atoms with Crippen molar-refractivity contribution in [2.75, 3.05) is 13.7 Å². The van der Waals surface area contributed by atoms with Crippen LogP contribution in [0.3, 0.4) is 0 Å². The zero-order valence-electron chi connectivity index (χ0n) is 12.4. The van der Waals surface area contributed by atoms with Crippen LogP contribution in [0.4, 0.5) is 8.78 Å². The quantitative estimate of drug-likeness (QED) is 0.830. The molecule has 0 heterocycles. The number of hydrogen-bond donors (Lipinski definition) is 1. The summed E-state index contributed by atoms with van der Waals surface area (Å²) in [7, 11) is 1.55. The lowest BCUT2D eigenvalue weighted by atomic mass is 9.71. The highest BCUT2D eigenvalue weighted by Crippen LogP contribution is 2.34. The summed E-state index contributed by atoms with van der Waals surface area (Å²) in [6.45, 7) is 10.5. The monoisotopic (exact) mass is 265 g/mol. The molecular formula is C13H25F2NO2. The molecule has 0 saturated heterocycles. The number of carbonyl (C=O) groups is 1. The van der Waals surface area contributed by atoms with Crippen molar-refractivity contribution in [2.24, 2.45) is 10.8 Å². The lowest BCUT2D eigenvalue weighted by Gasteiger charge is -2.43. The topological polar surface area (TPSA) is 38.3 Å². The van der Waals surface area contributed by atoms with E-state index in [4.69, 9.17) is 4.74 Å². The summed E-state index contributed by atoms with van der Waals surface area (Å²) in [6.07, 6.45) is 0. The molecule has 1 atom stereocenters. The highest BCUT2D eigenvalue weighted by molar-refractivity contribution is 5.83. The molecule has 0 bridgehead atoms. The Hall–Kier alpha value is -0.710. The van der Waals surface area contributed by atoms with E-state index in [9.17, 15) is 13.6 Å². The normalized spacial score (nSPS) is 15.4. The number of halogens is 2. The van der Waals surface area contributed by atoms with Crippen molar-refractivity contribution in [1.82, 2.24) is 5.32 Å². The van der Waals surface area contributed by atoms with Gasteiger partial charge in [0.25, 0.3) is 5.91 Å². The van der Waals surface area contributed by atoms with E-state index in [2.05, 4.69) is 5.32 Å². The molecule has 0 rings (SSSR count). The van der Waals surface area contributed by atoms with Gasteiger partial charge in [0, 0.05) is 25.5 Å². The van der Waals surface area contributed by atoms with Gasteiger partial charge in [0.05, 0.1) is 6.61 Å². The maximum atomic E-state index is 13.0. The minimum atomic E-state index is -3.37. The van der Waals surface area contributed by atoms with E-state index in [1.165, 1.54) is 0 Å². The van der Waals surface area contributed by atoms with Crippen LogP contribution in [0.15, 0.2) is 0 Å². The molecule has 0 aliphatic carbocycles. The molecule has 18 heavy (non-hydrogen) atoms. The van der Waals surface area contributed by atoms with E-state index in [1.54, 1.807) is 7.11 Å². The van der Waals surface area contributed by atoms with Crippen molar-refractivity contribution in [3.8, 4) is 0 Å². The number of rotatable bonds is 5. The molecule has 0 aromatic heterocycles. The third-order valence-corrected chi connectivity index (χ3v) is 2.84. The highest BCUT2D eigenvalue weighted by Gasteiger charge is 2.43. The van der Waals surface area contributed by atoms with Gasteiger partial charge >= 0.3 is 5.92 Å². The van der Waals surface area contributed by atoms with Crippen LogP contribution in [0.5, 0.6) is 0 Å². The van der Waals surface area contributed by atoms with Gasteiger partial charge in [-0.3, -0.25) is 4.79 Å². The fraction of sp³-hybridized carbons (Fsp3) is 0.923. The largest absolute Gasteiger partial charge is 0.384 e. The molecule has 0 radical (unpaired) electrons. The van der Waals surface area contributed by atoms with Crippen LogP contribution < -0.4 is 5.32 Å². The second kappa shape index (κ2) is 5.51. The van der Waals surface area contributed by atoms with Gasteiger partial charge in [-0.25, -0.2) is 0 Å². The highest BCUT2D eigenvalue weighted by atomic mass is 19.3. The number of nitrogens with one attached hydrogen (secondary N) is 1. The van der Waals surface area contributed by atoms with Crippen LogP contribution >= 0.6 is 0 Å². The summed E-state index contributed by atoms with van der Waals surface area (Å²) in [4.78, 5) is 11.5. The summed E-state index contributed by atoms with van der Waals surface area (Å²) in [6, 6.07) is -0.414. The van der Waals surface area contributed by atoms with Crippen LogP contribution in [0.25, 0.3) is 0 Å². The predicted octanol–water partition coefficient (Wildman–Crippen LogP) is 2.85. The Balaban J connectivity index is 5.11. The first-order valence-electron chi connectivity index (χ1n) is 6.00. The van der Waals surface area contributed by atoms with Crippen molar-refractivity contribution < 1.29 is 18.3 Å². The van der Waals surface area contributed by atoms with E-state index in [0.29, 0.717) is 13.5 Å². The number of carbonyl (C=O) groups excluding carboxylic acids is 1. The van der Waals surface area contributed by atoms with Crippen molar-refractivity contribution >= 4 is 5.91 Å². The third kappa shape index (κ3) is 4.88. The van der Waals surface area contributed by atoms with Crippen molar-refractivity contribution in [3.05, 3.63) is 0 Å². The van der Waals surface area contributed by atoms with Gasteiger partial charge in [0.1, 0.15) is 0 Å². The van der Waals surface area contributed by atoms with Gasteiger partial charge < -0.3 is 10.1 Å². The molecule has 0 spiro atoms. The fourth-order valence-corrected chi connectivity index (χ4v) is 2.30. The average Bonchev–Trinajstić information content (AvgIpc) is 2.09. The predicted molar refractivity (Wildman–Crippen MR) is 67.7 cm³/mol. The first-order chi connectivity index (χ1) is 7.82. The Morgan fingerprint density at radius 1 is 1.17 bits per heavy atom. The van der Waals surface area contributed by atoms with Crippen LogP contribution in [0, 0.1) is 10.8 Å². The molecule has 1 N–H and O–H groups in total. The van der Waals surface area contributed by atoms with Crippen LogP contribution in [-0.4, -0.2) is 31.6 Å². The Morgan fingerprint density at radius 2 is 1.61 bits per heavy atom. The fourth-order valence-electron chi connectivity index (χ4n) is 2.30. The first-order valence-corrected chi connectivity index (χ1v) is 6.00. The summed E-state index contributed by atoms with van der Waals surface area (Å²) in [5.41, 5.74) is -0.781. The van der Waals surface area contributed by atoms with Gasteiger partial charge in [-0.1, -0.05) is 34.6 Å². The molecule has 3 nitrogen and oxygen atoms in total. The second-order valence-corrected chi connectivity index (χ2v) is 6.58. The second-order valence-electron chi connectivity index (χ2n) is 6.58. The van der Waals surface area contributed by atoms with Crippen molar-refractivity contribution in [3.63, 3.8) is 0 Å². The Kier molecular flexibility index (Phi) is 5.29. The third-order valence-electron chi connectivity index (χ3n) is 2.84. The van der Waals surface area contributed by atoms with E-state index in [0.717, 1.165) is 0 Å². The van der Waals surface area contributed by atoms with Gasteiger partial charge in [0.15, 0.2) is 0 Å². The molecule has 0 fully saturated rings. The van der Waals surface area contributed by atoms with Gasteiger partial charge in [-0.05, 0) is 5.41 Å². The molecule has 108 valence electrons. The summed E-state index contributed by atoms with van der Waals surface area (Å²) >= 11 is 0. The number of amides is 1. The number of methoxy groups -OCH3 is 1. The zero-order valence-corrected chi connectivity index (χ0v) is 12.4. The van der Waals surface area contributed by atoms with E-state index in [-0.39, 0.29) is 5.41 Å². The SMILES string of the molecule is COCC(C)(C)C(NC(=O)C(C)(F)F)C(C)(C)C. The first kappa shape index (κ1) is 17.3. The van der Waals surface area contributed by atoms with Crippen molar-refractivity contribution in [2.45, 2.75) is 53.5 Å². The Morgan fingerprint density at radius 3 is 1.89 bits per heavy atom. The molecule has 1 unspecified atom stereocenters. The molecule has 0 saturated carbocycles. The zero-order chi connectivity index (χ0) is 14.8. The van der Waals surface area contributed by atoms with Crippen molar-refractivity contribution in [1.29, 1.82) is 0 Å². The molecule has 0 aliphatic heterocycles. The van der Waals surface area contributed by atoms with Gasteiger partial charge in [-0.15, -0.1) is 0 Å². The standard InChI is InChI=1S/C13H25F2NO2/c1-11(2,3)9(12(4,5)8-18-7)16-10(17)13(6,14)15/h9H,8H2,1-7H3,(H,16,17). The molecule has 0 aromatic rings. The summed E-state index contributed by atoms with van der Waals surface area (Å²) < 4.78 is 31.1. The van der Waals surface area contributed by atoms with Crippen LogP contribution in [0.1, 0.15) is 41.5 Å². The van der Waals surface area contributed by atoms with E-state index >= 15 is 0 Å². The summed E-state index contributed by atoms with van der Waals surface area (Å²) in [5.74, 6) is -4.61. The lowest BCUT2D eigenvalue weighted by molar-refractivity contribution is -0.146. The van der Waals surface area contributed by atoms with E-state index in [1.807, 2.05) is 34.6 Å². The smallest absolute Gasteiger partial charge is 0.321 e. The molecule has 1 amide bonds. The minimum Gasteiger partial charge on any atom is -0.384 e. The average molecular weight is 265 g/mol. The molecule has 0 aliphatic rings.